The SMILES string of the molecule is CC(C)(CCN)CCC(=O)Nc1ccc(I)cc1. The molecule has 0 bridgehead atoms. The predicted octanol–water partition coefficient (Wildman–Crippen LogP) is 3.38. The number of nitrogens with two attached hydrogens (primary N) is 1. The fraction of sp³-hybridized carbons (Fsp3) is 0.500. The second kappa shape index (κ2) is 7.09. The lowest BCUT2D eigenvalue weighted by molar-refractivity contribution is -0.116. The third-order valence-electron chi connectivity index (χ3n) is 2.98. The van der Waals surface area contributed by atoms with Crippen LogP contribution >= 0.6 is 22.6 Å². The highest BCUT2D eigenvalue weighted by atomic mass is 127. The molecule has 4 heteroatoms. The van der Waals surface area contributed by atoms with Crippen molar-refractivity contribution in [3.63, 3.8) is 0 Å². The minimum atomic E-state index is 0.0707. The molecule has 1 aromatic carbocycles. The number of nitrogens with one attached hydrogen (secondary N) is 1. The molecular formula is C14H21IN2O. The van der Waals surface area contributed by atoms with Gasteiger partial charge in [-0.15, -0.1) is 0 Å². The summed E-state index contributed by atoms with van der Waals surface area (Å²) in [6.07, 6.45) is 2.35. The standard InChI is InChI=1S/C14H21IN2O/c1-14(2,9-10-16)8-7-13(18)17-12-5-3-11(15)4-6-12/h3-6H,7-10,16H2,1-2H3,(H,17,18). The molecule has 0 saturated carbocycles. The van der Waals surface area contributed by atoms with Crippen molar-refractivity contribution in [2.45, 2.75) is 33.1 Å². The van der Waals surface area contributed by atoms with Gasteiger partial charge >= 0.3 is 0 Å². The van der Waals surface area contributed by atoms with Gasteiger partial charge in [0.1, 0.15) is 0 Å². The summed E-state index contributed by atoms with van der Waals surface area (Å²) in [6, 6.07) is 7.80. The Labute approximate surface area is 123 Å². The number of hydrogen-bond donors (Lipinski definition) is 2. The third kappa shape index (κ3) is 5.82. The monoisotopic (exact) mass is 360 g/mol. The van der Waals surface area contributed by atoms with Crippen LogP contribution in [0.3, 0.4) is 0 Å². The highest BCUT2D eigenvalue weighted by molar-refractivity contribution is 14.1. The Morgan fingerprint density at radius 1 is 1.28 bits per heavy atom. The van der Waals surface area contributed by atoms with E-state index >= 15 is 0 Å². The summed E-state index contributed by atoms with van der Waals surface area (Å²) in [6.45, 7) is 4.97. The molecule has 0 aliphatic carbocycles. The first kappa shape index (κ1) is 15.4. The third-order valence-corrected chi connectivity index (χ3v) is 3.70. The van der Waals surface area contributed by atoms with Gasteiger partial charge in [0.15, 0.2) is 0 Å². The molecule has 1 aromatic rings. The maximum absolute atomic E-state index is 11.8. The first-order valence-electron chi connectivity index (χ1n) is 6.18. The Kier molecular flexibility index (Phi) is 6.08. The Hall–Kier alpha value is -0.620. The van der Waals surface area contributed by atoms with Crippen LogP contribution in [0.25, 0.3) is 0 Å². The Bertz CT molecular complexity index is 387. The lowest BCUT2D eigenvalue weighted by atomic mass is 9.84. The van der Waals surface area contributed by atoms with Crippen molar-refractivity contribution in [3.05, 3.63) is 27.8 Å². The van der Waals surface area contributed by atoms with E-state index in [0.29, 0.717) is 13.0 Å². The molecular weight excluding hydrogens is 339 g/mol. The number of anilines is 1. The maximum Gasteiger partial charge on any atom is 0.224 e. The molecule has 0 fully saturated rings. The van der Waals surface area contributed by atoms with E-state index in [1.54, 1.807) is 0 Å². The zero-order valence-corrected chi connectivity index (χ0v) is 13.2. The molecule has 1 rings (SSSR count). The lowest BCUT2D eigenvalue weighted by Gasteiger charge is -2.23. The minimum Gasteiger partial charge on any atom is -0.330 e. The lowest BCUT2D eigenvalue weighted by Crippen LogP contribution is -2.20. The predicted molar refractivity (Wildman–Crippen MR) is 84.5 cm³/mol. The largest absolute Gasteiger partial charge is 0.330 e. The molecule has 0 radical (unpaired) electrons. The molecule has 3 nitrogen and oxygen atoms in total. The second-order valence-electron chi connectivity index (χ2n) is 5.26. The van der Waals surface area contributed by atoms with Crippen LogP contribution in [0.4, 0.5) is 5.69 Å². The van der Waals surface area contributed by atoms with E-state index in [-0.39, 0.29) is 11.3 Å². The molecule has 18 heavy (non-hydrogen) atoms. The van der Waals surface area contributed by atoms with Crippen molar-refractivity contribution < 1.29 is 4.79 Å². The van der Waals surface area contributed by atoms with E-state index < -0.39 is 0 Å². The molecule has 0 aromatic heterocycles. The van der Waals surface area contributed by atoms with E-state index in [0.717, 1.165) is 22.1 Å². The summed E-state index contributed by atoms with van der Waals surface area (Å²) in [7, 11) is 0. The molecule has 0 heterocycles. The van der Waals surface area contributed by atoms with Gasteiger partial charge in [0.25, 0.3) is 0 Å². The van der Waals surface area contributed by atoms with Crippen LogP contribution in [0.15, 0.2) is 24.3 Å². The molecule has 0 saturated heterocycles. The smallest absolute Gasteiger partial charge is 0.224 e. The van der Waals surface area contributed by atoms with Crippen molar-refractivity contribution >= 4 is 34.2 Å². The number of halogens is 1. The summed E-state index contributed by atoms with van der Waals surface area (Å²) in [4.78, 5) is 11.8. The van der Waals surface area contributed by atoms with Gasteiger partial charge in [-0.3, -0.25) is 4.79 Å². The highest BCUT2D eigenvalue weighted by Crippen LogP contribution is 2.26. The summed E-state index contributed by atoms with van der Waals surface area (Å²) in [5.41, 5.74) is 6.55. The number of hydrogen-bond acceptors (Lipinski definition) is 2. The van der Waals surface area contributed by atoms with Crippen LogP contribution in [-0.4, -0.2) is 12.5 Å². The topological polar surface area (TPSA) is 55.1 Å². The van der Waals surface area contributed by atoms with E-state index in [4.69, 9.17) is 5.73 Å². The highest BCUT2D eigenvalue weighted by Gasteiger charge is 2.18. The Balaban J connectivity index is 2.40. The van der Waals surface area contributed by atoms with Gasteiger partial charge in [0.2, 0.25) is 5.91 Å². The first-order chi connectivity index (χ1) is 8.43. The van der Waals surface area contributed by atoms with E-state index in [9.17, 15) is 4.79 Å². The number of rotatable bonds is 6. The van der Waals surface area contributed by atoms with Crippen LogP contribution in [0.2, 0.25) is 0 Å². The molecule has 0 aliphatic rings. The maximum atomic E-state index is 11.8. The zero-order valence-electron chi connectivity index (χ0n) is 11.0. The molecule has 1 amide bonds. The van der Waals surface area contributed by atoms with Crippen molar-refractivity contribution in [2.24, 2.45) is 11.1 Å². The summed E-state index contributed by atoms with van der Waals surface area (Å²) >= 11 is 2.24. The Morgan fingerprint density at radius 2 is 1.89 bits per heavy atom. The Morgan fingerprint density at radius 3 is 2.44 bits per heavy atom. The summed E-state index contributed by atoms with van der Waals surface area (Å²) in [5.74, 6) is 0.0707. The number of amides is 1. The van der Waals surface area contributed by atoms with Gasteiger partial charge in [-0.1, -0.05) is 13.8 Å². The quantitative estimate of drug-likeness (QED) is 0.765. The van der Waals surface area contributed by atoms with Crippen LogP contribution in [0.1, 0.15) is 33.1 Å². The molecule has 100 valence electrons. The molecule has 0 spiro atoms. The summed E-state index contributed by atoms with van der Waals surface area (Å²) < 4.78 is 1.16. The van der Waals surface area contributed by atoms with Gasteiger partial charge in [0.05, 0.1) is 0 Å². The second-order valence-corrected chi connectivity index (χ2v) is 6.50. The van der Waals surface area contributed by atoms with Crippen LogP contribution in [-0.2, 0) is 4.79 Å². The van der Waals surface area contributed by atoms with E-state index in [2.05, 4.69) is 41.8 Å². The van der Waals surface area contributed by atoms with Crippen molar-refractivity contribution in [1.82, 2.24) is 0 Å². The van der Waals surface area contributed by atoms with Crippen molar-refractivity contribution in [2.75, 3.05) is 11.9 Å². The normalized spacial score (nSPS) is 11.3. The minimum absolute atomic E-state index is 0.0707. The number of carbonyl (C=O) groups excluding carboxylic acids is 1. The van der Waals surface area contributed by atoms with Gasteiger partial charge in [-0.25, -0.2) is 0 Å². The molecule has 3 N–H and O–H groups in total. The van der Waals surface area contributed by atoms with Crippen LogP contribution in [0.5, 0.6) is 0 Å². The van der Waals surface area contributed by atoms with Crippen LogP contribution < -0.4 is 11.1 Å². The fourth-order valence-electron chi connectivity index (χ4n) is 1.72. The molecule has 0 atom stereocenters. The van der Waals surface area contributed by atoms with Gasteiger partial charge in [-0.2, -0.15) is 0 Å². The molecule has 0 aliphatic heterocycles. The number of carbonyl (C=O) groups is 1. The van der Waals surface area contributed by atoms with Crippen molar-refractivity contribution in [3.8, 4) is 0 Å². The van der Waals surface area contributed by atoms with E-state index in [1.165, 1.54) is 0 Å². The summed E-state index contributed by atoms with van der Waals surface area (Å²) in [5, 5.41) is 2.91. The van der Waals surface area contributed by atoms with Gasteiger partial charge in [0, 0.05) is 15.7 Å². The first-order valence-corrected chi connectivity index (χ1v) is 7.26. The zero-order chi connectivity index (χ0) is 13.6. The average molecular weight is 360 g/mol. The average Bonchev–Trinajstić information content (AvgIpc) is 2.30. The van der Waals surface area contributed by atoms with Gasteiger partial charge < -0.3 is 11.1 Å². The van der Waals surface area contributed by atoms with Crippen molar-refractivity contribution in [1.29, 1.82) is 0 Å². The fourth-order valence-corrected chi connectivity index (χ4v) is 2.08. The van der Waals surface area contributed by atoms with Crippen LogP contribution in [0, 0.1) is 8.99 Å². The number of benzene rings is 1. The van der Waals surface area contributed by atoms with Gasteiger partial charge in [-0.05, 0) is 71.7 Å². The van der Waals surface area contributed by atoms with E-state index in [1.807, 2.05) is 24.3 Å². The molecule has 0 unspecified atom stereocenters.